The summed E-state index contributed by atoms with van der Waals surface area (Å²) >= 11 is 0. The molecule has 16 heavy (non-hydrogen) atoms. The van der Waals surface area contributed by atoms with E-state index in [1.165, 1.54) is 0 Å². The van der Waals surface area contributed by atoms with Crippen LogP contribution in [0.2, 0.25) is 0 Å². The summed E-state index contributed by atoms with van der Waals surface area (Å²) in [6.07, 6.45) is 5.09. The van der Waals surface area contributed by atoms with Crippen LogP contribution in [0.1, 0.15) is 46.9 Å². The van der Waals surface area contributed by atoms with E-state index in [0.717, 1.165) is 25.3 Å². The van der Waals surface area contributed by atoms with Gasteiger partial charge in [0.15, 0.2) is 0 Å². The largest absolute Gasteiger partial charge is 0.334 e. The summed E-state index contributed by atoms with van der Waals surface area (Å²) in [6, 6.07) is 0.485. The van der Waals surface area contributed by atoms with E-state index < -0.39 is 0 Å². The predicted octanol–water partition coefficient (Wildman–Crippen LogP) is 2.82. The van der Waals surface area contributed by atoms with Gasteiger partial charge in [-0.25, -0.2) is 4.98 Å². The molecule has 0 aromatic carbocycles. The van der Waals surface area contributed by atoms with Crippen molar-refractivity contribution >= 4 is 0 Å². The molecule has 0 saturated carbocycles. The van der Waals surface area contributed by atoms with Crippen molar-refractivity contribution in [2.75, 3.05) is 0 Å². The van der Waals surface area contributed by atoms with E-state index in [1.807, 2.05) is 6.20 Å². The molecule has 0 aliphatic heterocycles. The normalized spacial score (nSPS) is 14.1. The van der Waals surface area contributed by atoms with Crippen LogP contribution in [0.3, 0.4) is 0 Å². The summed E-state index contributed by atoms with van der Waals surface area (Å²) in [5.41, 5.74) is 0.294. The zero-order valence-electron chi connectivity index (χ0n) is 11.2. The molecule has 0 fully saturated rings. The zero-order valence-corrected chi connectivity index (χ0v) is 11.2. The van der Waals surface area contributed by atoms with Crippen LogP contribution in [0.15, 0.2) is 12.4 Å². The Balaban J connectivity index is 2.51. The summed E-state index contributed by atoms with van der Waals surface area (Å²) in [7, 11) is 0. The molecule has 0 aliphatic carbocycles. The quantitative estimate of drug-likeness (QED) is 0.832. The van der Waals surface area contributed by atoms with E-state index in [-0.39, 0.29) is 0 Å². The van der Waals surface area contributed by atoms with Gasteiger partial charge >= 0.3 is 0 Å². The lowest BCUT2D eigenvalue weighted by Crippen LogP contribution is -2.37. The van der Waals surface area contributed by atoms with Crippen LogP contribution in [0.4, 0.5) is 0 Å². The molecule has 1 N–H and O–H groups in total. The van der Waals surface area contributed by atoms with Crippen molar-refractivity contribution in [3.05, 3.63) is 18.2 Å². The topological polar surface area (TPSA) is 29.9 Å². The molecule has 92 valence electrons. The van der Waals surface area contributed by atoms with Gasteiger partial charge in [-0.15, -0.1) is 0 Å². The Hall–Kier alpha value is -0.830. The van der Waals surface area contributed by atoms with Crippen molar-refractivity contribution in [2.24, 2.45) is 5.41 Å². The zero-order chi connectivity index (χ0) is 12.2. The summed E-state index contributed by atoms with van der Waals surface area (Å²) in [5, 5.41) is 3.54. The molecule has 1 unspecified atom stereocenters. The molecule has 0 spiro atoms. The molecule has 0 aliphatic rings. The van der Waals surface area contributed by atoms with Gasteiger partial charge in [0.25, 0.3) is 0 Å². The highest BCUT2D eigenvalue weighted by molar-refractivity contribution is 4.93. The number of aryl methyl sites for hydroxylation is 1. The molecular formula is C13H25N3. The third-order valence-corrected chi connectivity index (χ3v) is 3.13. The van der Waals surface area contributed by atoms with E-state index in [4.69, 9.17) is 0 Å². The van der Waals surface area contributed by atoms with Gasteiger partial charge in [0.2, 0.25) is 0 Å². The number of imidazole rings is 1. The fraction of sp³-hybridized carbons (Fsp3) is 0.769. The third kappa shape index (κ3) is 3.63. The van der Waals surface area contributed by atoms with Gasteiger partial charge in [-0.1, -0.05) is 27.7 Å². The molecule has 0 saturated heterocycles. The lowest BCUT2D eigenvalue weighted by Gasteiger charge is -2.28. The molecule has 1 aromatic rings. The first-order valence-corrected chi connectivity index (χ1v) is 6.18. The number of nitrogens with one attached hydrogen (secondary N) is 1. The second-order valence-electron chi connectivity index (χ2n) is 5.51. The second-order valence-corrected chi connectivity index (χ2v) is 5.51. The molecule has 1 atom stereocenters. The van der Waals surface area contributed by atoms with Crippen molar-refractivity contribution < 1.29 is 0 Å². The molecule has 3 heteroatoms. The summed E-state index contributed by atoms with van der Waals surface area (Å²) < 4.78 is 2.22. The van der Waals surface area contributed by atoms with Crippen LogP contribution in [0.5, 0.6) is 0 Å². The van der Waals surface area contributed by atoms with Gasteiger partial charge in [-0.2, -0.15) is 0 Å². The van der Waals surface area contributed by atoms with Crippen molar-refractivity contribution in [3.63, 3.8) is 0 Å². The number of hydrogen-bond acceptors (Lipinski definition) is 2. The van der Waals surface area contributed by atoms with Gasteiger partial charge in [0, 0.05) is 25.0 Å². The fourth-order valence-electron chi connectivity index (χ4n) is 1.50. The summed E-state index contributed by atoms with van der Waals surface area (Å²) in [4.78, 5) is 4.39. The maximum atomic E-state index is 4.39. The molecule has 3 nitrogen and oxygen atoms in total. The van der Waals surface area contributed by atoms with Crippen molar-refractivity contribution in [3.8, 4) is 0 Å². The minimum Gasteiger partial charge on any atom is -0.334 e. The smallest absolute Gasteiger partial charge is 0.122 e. The Kier molecular flexibility index (Phi) is 4.54. The lowest BCUT2D eigenvalue weighted by molar-refractivity contribution is 0.282. The minimum absolute atomic E-state index is 0.294. The molecule has 1 rings (SSSR count). The van der Waals surface area contributed by atoms with Crippen LogP contribution in [-0.4, -0.2) is 15.6 Å². The van der Waals surface area contributed by atoms with E-state index in [0.29, 0.717) is 11.5 Å². The van der Waals surface area contributed by atoms with Gasteiger partial charge < -0.3 is 9.88 Å². The van der Waals surface area contributed by atoms with Crippen LogP contribution in [0, 0.1) is 5.41 Å². The first kappa shape index (κ1) is 13.2. The second kappa shape index (κ2) is 5.48. The van der Waals surface area contributed by atoms with Crippen molar-refractivity contribution in [1.29, 1.82) is 0 Å². The highest BCUT2D eigenvalue weighted by Gasteiger charge is 2.19. The Labute approximate surface area is 99.3 Å². The van der Waals surface area contributed by atoms with Crippen molar-refractivity contribution in [2.45, 2.75) is 60.2 Å². The Morgan fingerprint density at radius 1 is 1.44 bits per heavy atom. The Bertz CT molecular complexity index is 309. The van der Waals surface area contributed by atoms with Gasteiger partial charge in [0.05, 0.1) is 6.54 Å². The third-order valence-electron chi connectivity index (χ3n) is 3.13. The average Bonchev–Trinajstić information content (AvgIpc) is 2.61. The highest BCUT2D eigenvalue weighted by atomic mass is 15.1. The maximum Gasteiger partial charge on any atom is 0.122 e. The predicted molar refractivity (Wildman–Crippen MR) is 68.3 cm³/mol. The van der Waals surface area contributed by atoms with Gasteiger partial charge in [-0.3, -0.25) is 0 Å². The molecule has 1 aromatic heterocycles. The van der Waals surface area contributed by atoms with E-state index in [2.05, 4.69) is 55.7 Å². The minimum atomic E-state index is 0.294. The first-order chi connectivity index (χ1) is 7.45. The number of hydrogen-bond donors (Lipinski definition) is 1. The SMILES string of the molecule is CCCn1ccnc1CNC(C)C(C)(C)C. The Morgan fingerprint density at radius 3 is 2.69 bits per heavy atom. The molecule has 0 bridgehead atoms. The fourth-order valence-corrected chi connectivity index (χ4v) is 1.50. The van der Waals surface area contributed by atoms with E-state index in [9.17, 15) is 0 Å². The molecule has 0 amide bonds. The van der Waals surface area contributed by atoms with Crippen molar-refractivity contribution in [1.82, 2.24) is 14.9 Å². The average molecular weight is 223 g/mol. The standard InChI is InChI=1S/C13H25N3/c1-6-8-16-9-7-14-12(16)10-15-11(2)13(3,4)5/h7,9,11,15H,6,8,10H2,1-5H3. The summed E-state index contributed by atoms with van der Waals surface area (Å²) in [5.74, 6) is 1.14. The molecule has 1 heterocycles. The number of rotatable bonds is 5. The number of nitrogens with zero attached hydrogens (tertiary/aromatic N) is 2. The molecular weight excluding hydrogens is 198 g/mol. The monoisotopic (exact) mass is 223 g/mol. The van der Waals surface area contributed by atoms with Crippen LogP contribution in [-0.2, 0) is 13.1 Å². The van der Waals surface area contributed by atoms with Crippen LogP contribution < -0.4 is 5.32 Å². The van der Waals surface area contributed by atoms with Crippen LogP contribution in [0.25, 0.3) is 0 Å². The Morgan fingerprint density at radius 2 is 2.12 bits per heavy atom. The van der Waals surface area contributed by atoms with Crippen LogP contribution >= 0.6 is 0 Å². The van der Waals surface area contributed by atoms with Gasteiger partial charge in [0.1, 0.15) is 5.82 Å². The first-order valence-electron chi connectivity index (χ1n) is 6.18. The van der Waals surface area contributed by atoms with Gasteiger partial charge in [-0.05, 0) is 18.8 Å². The van der Waals surface area contributed by atoms with E-state index in [1.54, 1.807) is 0 Å². The lowest BCUT2D eigenvalue weighted by atomic mass is 9.88. The summed E-state index contributed by atoms with van der Waals surface area (Å²) in [6.45, 7) is 13.1. The van der Waals surface area contributed by atoms with E-state index >= 15 is 0 Å². The highest BCUT2D eigenvalue weighted by Crippen LogP contribution is 2.18. The number of aromatic nitrogens is 2. The maximum absolute atomic E-state index is 4.39. The molecule has 0 radical (unpaired) electrons.